The van der Waals surface area contributed by atoms with Crippen LogP contribution in [0.3, 0.4) is 0 Å². The van der Waals surface area contributed by atoms with Crippen molar-refractivity contribution in [2.24, 2.45) is 0 Å². The zero-order valence-electron chi connectivity index (χ0n) is 22.1. The SMILES string of the molecule is CCCCN(CC(F)(F)F)C(=O)C1c2ccccc2-c2cccc(N3CCCCC3NC(=O)c3ccc(Cl)s3)c21. The number of benzene rings is 2. The third-order valence-electron chi connectivity index (χ3n) is 7.55. The van der Waals surface area contributed by atoms with Crippen LogP contribution in [0.15, 0.2) is 54.6 Å². The summed E-state index contributed by atoms with van der Waals surface area (Å²) in [6.45, 7) is 1.29. The Balaban J connectivity index is 1.55. The first-order chi connectivity index (χ1) is 19.2. The second kappa shape index (κ2) is 11.8. The van der Waals surface area contributed by atoms with Crippen LogP contribution in [0.2, 0.25) is 4.34 Å². The zero-order valence-corrected chi connectivity index (χ0v) is 23.7. The van der Waals surface area contributed by atoms with Crippen molar-refractivity contribution < 1.29 is 22.8 Å². The fourth-order valence-corrected chi connectivity index (χ4v) is 6.74. The van der Waals surface area contributed by atoms with Crippen molar-refractivity contribution in [1.82, 2.24) is 10.2 Å². The van der Waals surface area contributed by atoms with Gasteiger partial charge in [-0.25, -0.2) is 0 Å². The zero-order chi connectivity index (χ0) is 28.4. The number of thiophene rings is 1. The van der Waals surface area contributed by atoms with Gasteiger partial charge in [0.2, 0.25) is 5.91 Å². The molecule has 1 fully saturated rings. The number of hydrogen-bond acceptors (Lipinski definition) is 4. The van der Waals surface area contributed by atoms with E-state index in [4.69, 9.17) is 11.6 Å². The van der Waals surface area contributed by atoms with Crippen LogP contribution in [0.25, 0.3) is 11.1 Å². The molecule has 1 aliphatic heterocycles. The molecule has 1 N–H and O–H groups in total. The predicted octanol–water partition coefficient (Wildman–Crippen LogP) is 7.45. The van der Waals surface area contributed by atoms with Gasteiger partial charge in [0, 0.05) is 24.3 Å². The van der Waals surface area contributed by atoms with Crippen LogP contribution in [0, 0.1) is 0 Å². The minimum absolute atomic E-state index is 0.0385. The van der Waals surface area contributed by atoms with E-state index < -0.39 is 24.5 Å². The van der Waals surface area contributed by atoms with Gasteiger partial charge in [0.1, 0.15) is 12.7 Å². The van der Waals surface area contributed by atoms with Crippen LogP contribution < -0.4 is 10.2 Å². The molecule has 1 aromatic heterocycles. The Bertz CT molecular complexity index is 1390. The van der Waals surface area contributed by atoms with Gasteiger partial charge in [0.05, 0.1) is 15.1 Å². The molecule has 2 heterocycles. The number of fused-ring (bicyclic) bond motifs is 3. The number of nitrogens with zero attached hydrogens (tertiary/aromatic N) is 2. The molecule has 2 aliphatic rings. The highest BCUT2D eigenvalue weighted by Gasteiger charge is 2.42. The van der Waals surface area contributed by atoms with Gasteiger partial charge in [-0.2, -0.15) is 13.2 Å². The van der Waals surface area contributed by atoms with E-state index in [0.29, 0.717) is 46.1 Å². The molecule has 2 atom stereocenters. The first-order valence-corrected chi connectivity index (χ1v) is 14.8. The summed E-state index contributed by atoms with van der Waals surface area (Å²) in [6.07, 6.45) is -1.16. The molecule has 1 saturated heterocycles. The predicted molar refractivity (Wildman–Crippen MR) is 153 cm³/mol. The average Bonchev–Trinajstić information content (AvgIpc) is 3.52. The fourth-order valence-electron chi connectivity index (χ4n) is 5.79. The number of anilines is 1. The van der Waals surface area contributed by atoms with E-state index in [9.17, 15) is 22.8 Å². The summed E-state index contributed by atoms with van der Waals surface area (Å²) in [5, 5.41) is 3.13. The molecule has 2 unspecified atom stereocenters. The second-order valence-corrected chi connectivity index (χ2v) is 12.0. The highest BCUT2D eigenvalue weighted by atomic mass is 35.5. The van der Waals surface area contributed by atoms with Crippen LogP contribution in [0.4, 0.5) is 18.9 Å². The van der Waals surface area contributed by atoms with Crippen LogP contribution in [-0.4, -0.2) is 48.7 Å². The Labute approximate surface area is 240 Å². The number of halogens is 4. The van der Waals surface area contributed by atoms with Crippen molar-refractivity contribution in [3.63, 3.8) is 0 Å². The number of nitrogens with one attached hydrogen (secondary N) is 1. The van der Waals surface area contributed by atoms with Gasteiger partial charge in [-0.3, -0.25) is 9.59 Å². The summed E-state index contributed by atoms with van der Waals surface area (Å²) in [6, 6.07) is 16.6. The van der Waals surface area contributed by atoms with E-state index in [1.165, 1.54) is 11.3 Å². The van der Waals surface area contributed by atoms with Crippen LogP contribution in [-0.2, 0) is 4.79 Å². The quantitative estimate of drug-likeness (QED) is 0.297. The van der Waals surface area contributed by atoms with Crippen molar-refractivity contribution in [2.45, 2.75) is 57.3 Å². The van der Waals surface area contributed by atoms with Gasteiger partial charge in [-0.15, -0.1) is 11.3 Å². The van der Waals surface area contributed by atoms with Gasteiger partial charge in [0.15, 0.2) is 0 Å². The molecular formula is C30H31ClF3N3O2S. The van der Waals surface area contributed by atoms with E-state index in [1.807, 2.05) is 49.4 Å². The number of carbonyl (C=O) groups is 2. The number of alkyl halides is 3. The van der Waals surface area contributed by atoms with Crippen molar-refractivity contribution in [2.75, 3.05) is 24.5 Å². The number of rotatable bonds is 8. The maximum atomic E-state index is 14.1. The molecular weight excluding hydrogens is 559 g/mol. The summed E-state index contributed by atoms with van der Waals surface area (Å²) < 4.78 is 41.3. The Morgan fingerprint density at radius 2 is 1.85 bits per heavy atom. The molecule has 2 aromatic carbocycles. The lowest BCUT2D eigenvalue weighted by molar-refractivity contribution is -0.161. The van der Waals surface area contributed by atoms with E-state index in [1.54, 1.807) is 12.1 Å². The topological polar surface area (TPSA) is 52.7 Å². The molecule has 40 heavy (non-hydrogen) atoms. The molecule has 212 valence electrons. The van der Waals surface area contributed by atoms with E-state index in [2.05, 4.69) is 10.2 Å². The van der Waals surface area contributed by atoms with E-state index in [0.717, 1.165) is 34.6 Å². The fraction of sp³-hybridized carbons (Fsp3) is 0.400. The lowest BCUT2D eigenvalue weighted by Crippen LogP contribution is -2.51. The standard InChI is InChI=1S/C30H31ClF3N3O2S/c1-2-3-16-36(18-30(32,33)34)29(39)27-21-10-5-4-9-19(21)20-11-8-12-22(26(20)27)37-17-7-6-13-25(37)35-28(38)23-14-15-24(31)40-23/h4-5,8-12,14-15,25,27H,2-3,6-7,13,16-18H2,1H3,(H,35,38). The van der Waals surface area contributed by atoms with Gasteiger partial charge < -0.3 is 15.1 Å². The third-order valence-corrected chi connectivity index (χ3v) is 8.78. The molecule has 3 aromatic rings. The molecule has 5 nitrogen and oxygen atoms in total. The highest BCUT2D eigenvalue weighted by molar-refractivity contribution is 7.18. The Morgan fingerprint density at radius 1 is 1.07 bits per heavy atom. The molecule has 1 aliphatic carbocycles. The third kappa shape index (κ3) is 5.86. The van der Waals surface area contributed by atoms with Gasteiger partial charge in [0.25, 0.3) is 5.91 Å². The lowest BCUT2D eigenvalue weighted by atomic mass is 9.92. The first kappa shape index (κ1) is 28.5. The normalized spacial score (nSPS) is 18.3. The summed E-state index contributed by atoms with van der Waals surface area (Å²) in [7, 11) is 0. The molecule has 0 radical (unpaired) electrons. The smallest absolute Gasteiger partial charge is 0.351 e. The Morgan fingerprint density at radius 3 is 2.58 bits per heavy atom. The second-order valence-electron chi connectivity index (χ2n) is 10.3. The molecule has 5 rings (SSSR count). The minimum Gasteiger partial charge on any atom is -0.351 e. The maximum Gasteiger partial charge on any atom is 0.406 e. The number of carbonyl (C=O) groups excluding carboxylic acids is 2. The van der Waals surface area contributed by atoms with Crippen molar-refractivity contribution in [3.05, 3.63) is 74.9 Å². The number of unbranched alkanes of at least 4 members (excludes halogenated alkanes) is 1. The number of amides is 2. The molecule has 10 heteroatoms. The first-order valence-electron chi connectivity index (χ1n) is 13.6. The van der Waals surface area contributed by atoms with Crippen molar-refractivity contribution in [1.29, 1.82) is 0 Å². The summed E-state index contributed by atoms with van der Waals surface area (Å²) >= 11 is 7.25. The Kier molecular flexibility index (Phi) is 8.42. The molecule has 0 saturated carbocycles. The van der Waals surface area contributed by atoms with Gasteiger partial charge in [-0.1, -0.05) is 61.3 Å². The largest absolute Gasteiger partial charge is 0.406 e. The summed E-state index contributed by atoms with van der Waals surface area (Å²) in [5.74, 6) is -1.64. The molecule has 0 spiro atoms. The van der Waals surface area contributed by atoms with Crippen molar-refractivity contribution >= 4 is 40.4 Å². The minimum atomic E-state index is -4.50. The maximum absolute atomic E-state index is 14.1. The van der Waals surface area contributed by atoms with Crippen molar-refractivity contribution in [3.8, 4) is 11.1 Å². The number of piperidine rings is 1. The molecule has 2 amide bonds. The van der Waals surface area contributed by atoms with Crippen LogP contribution in [0.1, 0.15) is 65.7 Å². The van der Waals surface area contributed by atoms with Crippen LogP contribution in [0.5, 0.6) is 0 Å². The Hall–Kier alpha value is -3.04. The summed E-state index contributed by atoms with van der Waals surface area (Å²) in [5.41, 5.74) is 3.88. The number of hydrogen-bond donors (Lipinski definition) is 1. The van der Waals surface area contributed by atoms with Crippen LogP contribution >= 0.6 is 22.9 Å². The highest BCUT2D eigenvalue weighted by Crippen LogP contribution is 2.50. The van der Waals surface area contributed by atoms with Gasteiger partial charge >= 0.3 is 6.18 Å². The lowest BCUT2D eigenvalue weighted by Gasteiger charge is -2.39. The van der Waals surface area contributed by atoms with E-state index in [-0.39, 0.29) is 18.6 Å². The van der Waals surface area contributed by atoms with E-state index >= 15 is 0 Å². The molecule has 0 bridgehead atoms. The monoisotopic (exact) mass is 589 g/mol. The average molecular weight is 590 g/mol. The summed E-state index contributed by atoms with van der Waals surface area (Å²) in [4.78, 5) is 30.7. The van der Waals surface area contributed by atoms with Gasteiger partial charge in [-0.05, 0) is 60.6 Å².